The molecule has 0 unspecified atom stereocenters. The molecule has 0 radical (unpaired) electrons. The minimum Gasteiger partial charge on any atom is -0.382 e. The average molecular weight is 420 g/mol. The second-order valence-corrected chi connectivity index (χ2v) is 7.86. The van der Waals surface area contributed by atoms with Crippen molar-refractivity contribution in [1.82, 2.24) is 15.3 Å². The summed E-state index contributed by atoms with van der Waals surface area (Å²) in [6.07, 6.45) is 2.26. The van der Waals surface area contributed by atoms with Crippen molar-refractivity contribution in [1.29, 1.82) is 0 Å². The topological polar surface area (TPSA) is 205 Å². The van der Waals surface area contributed by atoms with Gasteiger partial charge in [0.25, 0.3) is 5.91 Å². The lowest BCUT2D eigenvalue weighted by molar-refractivity contribution is 0.0972. The summed E-state index contributed by atoms with van der Waals surface area (Å²) in [5.41, 5.74) is 18.3. The molecule has 11 nitrogen and oxygen atoms in total. The summed E-state index contributed by atoms with van der Waals surface area (Å²) in [5, 5.41) is 7.47. The monoisotopic (exact) mass is 420 g/mol. The van der Waals surface area contributed by atoms with Gasteiger partial charge < -0.3 is 17.2 Å². The van der Waals surface area contributed by atoms with E-state index in [9.17, 15) is 13.2 Å². The summed E-state index contributed by atoms with van der Waals surface area (Å²) in [6.45, 7) is 2.02. The van der Waals surface area contributed by atoms with Crippen molar-refractivity contribution in [3.8, 4) is 0 Å². The fourth-order valence-electron chi connectivity index (χ4n) is 2.41. The van der Waals surface area contributed by atoms with Crippen LogP contribution in [-0.4, -0.2) is 36.8 Å². The molecule has 1 amide bonds. The van der Waals surface area contributed by atoms with Crippen LogP contribution < -0.4 is 27.7 Å². The van der Waals surface area contributed by atoms with Gasteiger partial charge >= 0.3 is 0 Å². The van der Waals surface area contributed by atoms with Gasteiger partial charge in [0, 0.05) is 6.54 Å². The van der Waals surface area contributed by atoms with Crippen LogP contribution in [0, 0.1) is 6.92 Å². The van der Waals surface area contributed by atoms with Crippen LogP contribution in [-0.2, 0) is 16.4 Å². The van der Waals surface area contributed by atoms with Crippen molar-refractivity contribution < 1.29 is 13.2 Å². The summed E-state index contributed by atoms with van der Waals surface area (Å²) in [6, 6.07) is 6.39. The predicted octanol–water partition coefficient (Wildman–Crippen LogP) is -0.336. The van der Waals surface area contributed by atoms with E-state index in [1.165, 1.54) is 12.1 Å². The smallest absolute Gasteiger partial charge is 0.280 e. The first-order chi connectivity index (χ1) is 13.6. The van der Waals surface area contributed by atoms with Crippen LogP contribution in [0.1, 0.15) is 34.6 Å². The molecule has 2 aromatic rings. The van der Waals surface area contributed by atoms with E-state index < -0.39 is 15.9 Å². The quantitative estimate of drug-likeness (QED) is 0.227. The molecule has 0 fully saturated rings. The fraction of sp³-hybridized carbons (Fsp3) is 0.294. The number of nitrogens with zero attached hydrogens (tertiary/aromatic N) is 3. The van der Waals surface area contributed by atoms with Gasteiger partial charge in [-0.15, -0.1) is 0 Å². The highest BCUT2D eigenvalue weighted by molar-refractivity contribution is 7.89. The van der Waals surface area contributed by atoms with E-state index in [0.29, 0.717) is 12.2 Å². The van der Waals surface area contributed by atoms with Gasteiger partial charge in [-0.1, -0.05) is 12.1 Å². The van der Waals surface area contributed by atoms with E-state index in [4.69, 9.17) is 22.3 Å². The number of amides is 1. The second-order valence-electron chi connectivity index (χ2n) is 6.30. The molecule has 0 saturated carbocycles. The molecule has 2 rings (SSSR count). The maximum absolute atomic E-state index is 12.2. The van der Waals surface area contributed by atoms with Gasteiger partial charge in [0.1, 0.15) is 5.82 Å². The van der Waals surface area contributed by atoms with Crippen LogP contribution in [0.3, 0.4) is 0 Å². The molecule has 0 saturated heterocycles. The zero-order valence-corrected chi connectivity index (χ0v) is 16.7. The number of aromatic nitrogens is 2. The number of primary sulfonamides is 1. The third-order valence-electron chi connectivity index (χ3n) is 4.00. The van der Waals surface area contributed by atoms with Crippen molar-refractivity contribution in [2.75, 3.05) is 18.0 Å². The summed E-state index contributed by atoms with van der Waals surface area (Å²) in [5.74, 6) is -0.607. The molecule has 1 aromatic carbocycles. The highest BCUT2D eigenvalue weighted by atomic mass is 32.2. The maximum Gasteiger partial charge on any atom is 0.280 e. The molecule has 0 aliphatic rings. The Morgan fingerprint density at radius 1 is 1.10 bits per heavy atom. The van der Waals surface area contributed by atoms with E-state index in [2.05, 4.69) is 20.3 Å². The van der Waals surface area contributed by atoms with E-state index in [1.54, 1.807) is 19.1 Å². The molecule has 29 heavy (non-hydrogen) atoms. The first-order valence-corrected chi connectivity index (χ1v) is 10.2. The summed E-state index contributed by atoms with van der Waals surface area (Å²) < 4.78 is 22.5. The number of sulfonamides is 1. The number of nitrogens with one attached hydrogen (secondary N) is 1. The number of carbonyl (C=O) groups is 1. The van der Waals surface area contributed by atoms with E-state index in [0.717, 1.165) is 24.8 Å². The van der Waals surface area contributed by atoms with Crippen LogP contribution in [0.2, 0.25) is 0 Å². The molecule has 1 heterocycles. The third kappa shape index (κ3) is 6.40. The summed E-state index contributed by atoms with van der Waals surface area (Å²) in [7, 11) is -3.68. The molecule has 9 N–H and O–H groups in total. The standard InChI is InChI=1S/C17H24N8O3S/c1-10-14(18)24-15(19)13(23-10)16(26)25-17(20)22-9-3-2-4-11-5-7-12(8-6-11)29(21,27)28/h5-8H,2-4,9H2,1H3,(H4,18,19,24)(H2,21,27,28)(H3,20,22,25,26). The Morgan fingerprint density at radius 3 is 2.38 bits per heavy atom. The Labute approximate surface area is 168 Å². The van der Waals surface area contributed by atoms with Crippen molar-refractivity contribution in [2.24, 2.45) is 15.9 Å². The number of guanidine groups is 1. The van der Waals surface area contributed by atoms with Gasteiger partial charge in [-0.2, -0.15) is 0 Å². The van der Waals surface area contributed by atoms with Crippen molar-refractivity contribution in [3.05, 3.63) is 41.2 Å². The molecule has 1 aromatic heterocycles. The minimum absolute atomic E-state index is 0.0526. The molecule has 0 atom stereocenters. The highest BCUT2D eigenvalue weighted by Crippen LogP contribution is 2.12. The Hall–Kier alpha value is -3.25. The van der Waals surface area contributed by atoms with Crippen molar-refractivity contribution in [2.45, 2.75) is 31.1 Å². The van der Waals surface area contributed by atoms with Gasteiger partial charge in [-0.3, -0.25) is 15.1 Å². The number of nitrogen functional groups attached to an aromatic ring is 2. The molecular weight excluding hydrogens is 396 g/mol. The van der Waals surface area contributed by atoms with Crippen LogP contribution in [0.4, 0.5) is 11.6 Å². The molecule has 12 heteroatoms. The second kappa shape index (κ2) is 9.30. The highest BCUT2D eigenvalue weighted by Gasteiger charge is 2.15. The molecule has 0 bridgehead atoms. The van der Waals surface area contributed by atoms with Crippen molar-refractivity contribution >= 4 is 33.5 Å². The lowest BCUT2D eigenvalue weighted by Crippen LogP contribution is -2.38. The SMILES string of the molecule is Cc1nc(C(=O)NC(N)=NCCCCc2ccc(S(N)(=O)=O)cc2)c(N)nc1N. The number of hydrogen-bond acceptors (Lipinski definition) is 8. The van der Waals surface area contributed by atoms with Gasteiger partial charge in [-0.05, 0) is 43.9 Å². The number of rotatable bonds is 7. The Kier molecular flexibility index (Phi) is 7.07. The van der Waals surface area contributed by atoms with Gasteiger partial charge in [0.2, 0.25) is 10.0 Å². The normalized spacial score (nSPS) is 12.0. The Bertz CT molecular complexity index is 1020. The number of hydrogen-bond donors (Lipinski definition) is 5. The summed E-state index contributed by atoms with van der Waals surface area (Å²) in [4.78, 5) is 24.2. The zero-order chi connectivity index (χ0) is 21.6. The number of aliphatic imine (C=N–C) groups is 1. The minimum atomic E-state index is -3.68. The van der Waals surface area contributed by atoms with Crippen LogP contribution >= 0.6 is 0 Å². The third-order valence-corrected chi connectivity index (χ3v) is 4.93. The van der Waals surface area contributed by atoms with E-state index in [1.807, 2.05) is 0 Å². The fourth-order valence-corrected chi connectivity index (χ4v) is 2.93. The number of carbonyl (C=O) groups excluding carboxylic acids is 1. The molecular formula is C17H24N8O3S. The summed E-state index contributed by atoms with van der Waals surface area (Å²) >= 11 is 0. The number of benzene rings is 1. The number of anilines is 2. The Balaban J connectivity index is 1.80. The molecule has 0 spiro atoms. The van der Waals surface area contributed by atoms with Crippen LogP contribution in [0.15, 0.2) is 34.2 Å². The van der Waals surface area contributed by atoms with E-state index >= 15 is 0 Å². The molecule has 156 valence electrons. The van der Waals surface area contributed by atoms with Gasteiger partial charge in [0.05, 0.1) is 10.6 Å². The number of unbranched alkanes of at least 4 members (excludes halogenated alkanes) is 1. The number of aryl methyl sites for hydroxylation is 2. The largest absolute Gasteiger partial charge is 0.382 e. The van der Waals surface area contributed by atoms with Crippen LogP contribution in [0.25, 0.3) is 0 Å². The maximum atomic E-state index is 12.2. The zero-order valence-electron chi connectivity index (χ0n) is 15.9. The molecule has 0 aliphatic heterocycles. The van der Waals surface area contributed by atoms with Gasteiger partial charge in [0.15, 0.2) is 17.5 Å². The lowest BCUT2D eigenvalue weighted by atomic mass is 10.1. The first-order valence-electron chi connectivity index (χ1n) is 8.70. The lowest BCUT2D eigenvalue weighted by Gasteiger charge is -2.08. The van der Waals surface area contributed by atoms with E-state index in [-0.39, 0.29) is 28.2 Å². The number of nitrogens with two attached hydrogens (primary N) is 4. The van der Waals surface area contributed by atoms with Crippen LogP contribution in [0.5, 0.6) is 0 Å². The Morgan fingerprint density at radius 2 is 1.76 bits per heavy atom. The molecule has 0 aliphatic carbocycles. The van der Waals surface area contributed by atoms with Crippen molar-refractivity contribution in [3.63, 3.8) is 0 Å². The first kappa shape index (κ1) is 22.0. The predicted molar refractivity (Wildman–Crippen MR) is 110 cm³/mol. The average Bonchev–Trinajstić information content (AvgIpc) is 2.64. The van der Waals surface area contributed by atoms with Gasteiger partial charge in [-0.25, -0.2) is 23.5 Å².